The number of nitrogens with one attached hydrogen (secondary N) is 2. The van der Waals surface area contributed by atoms with E-state index < -0.39 is 0 Å². The number of amides is 1. The fourth-order valence-corrected chi connectivity index (χ4v) is 3.50. The Kier molecular flexibility index (Phi) is 3.40. The summed E-state index contributed by atoms with van der Waals surface area (Å²) in [5.74, 6) is 0.0136. The van der Waals surface area contributed by atoms with Gasteiger partial charge < -0.3 is 10.3 Å². The van der Waals surface area contributed by atoms with Crippen molar-refractivity contribution in [3.05, 3.63) is 82.6 Å². The molecule has 130 valence electrons. The first-order valence-corrected chi connectivity index (χ1v) is 8.70. The molecule has 0 atom stereocenters. The highest BCUT2D eigenvalue weighted by molar-refractivity contribution is 6.00. The fraction of sp³-hybridized carbons (Fsp3) is 0.0455. The van der Waals surface area contributed by atoms with E-state index in [2.05, 4.69) is 10.3 Å². The van der Waals surface area contributed by atoms with E-state index in [1.54, 1.807) is 6.07 Å². The van der Waals surface area contributed by atoms with Crippen molar-refractivity contribution in [1.82, 2.24) is 9.97 Å². The minimum Gasteiger partial charge on any atom is -0.326 e. The average Bonchev–Trinajstić information content (AvgIpc) is 3.06. The third-order valence-electron chi connectivity index (χ3n) is 4.80. The van der Waals surface area contributed by atoms with Crippen molar-refractivity contribution in [2.24, 2.45) is 0 Å². The number of aromatic nitrogens is 2. The molecule has 0 unspecified atom stereocenters. The quantitative estimate of drug-likeness (QED) is 0.576. The molecular formula is C22H15N3O2. The van der Waals surface area contributed by atoms with Gasteiger partial charge in [-0.15, -0.1) is 0 Å². The molecule has 2 N–H and O–H groups in total. The van der Waals surface area contributed by atoms with Gasteiger partial charge in [-0.05, 0) is 29.3 Å². The highest BCUT2D eigenvalue weighted by Crippen LogP contribution is 2.35. The number of aromatic amines is 1. The molecule has 0 bridgehead atoms. The number of hydrogen-bond donors (Lipinski definition) is 2. The molecule has 0 aliphatic carbocycles. The van der Waals surface area contributed by atoms with Gasteiger partial charge >= 0.3 is 0 Å². The second kappa shape index (κ2) is 5.92. The number of anilines is 1. The zero-order valence-corrected chi connectivity index (χ0v) is 14.3. The Morgan fingerprint density at radius 3 is 2.56 bits per heavy atom. The van der Waals surface area contributed by atoms with Crippen LogP contribution in [0.3, 0.4) is 0 Å². The number of nitrogens with zero attached hydrogens (tertiary/aromatic N) is 1. The monoisotopic (exact) mass is 353 g/mol. The van der Waals surface area contributed by atoms with Crippen molar-refractivity contribution in [2.45, 2.75) is 6.42 Å². The lowest BCUT2D eigenvalue weighted by Gasteiger charge is -2.12. The van der Waals surface area contributed by atoms with Crippen molar-refractivity contribution < 1.29 is 4.79 Å². The Balaban J connectivity index is 1.78. The molecule has 2 aromatic heterocycles. The predicted octanol–water partition coefficient (Wildman–Crippen LogP) is 3.75. The highest BCUT2D eigenvalue weighted by atomic mass is 16.1. The van der Waals surface area contributed by atoms with Crippen LogP contribution in [0.1, 0.15) is 5.56 Å². The van der Waals surface area contributed by atoms with Gasteiger partial charge in [-0.3, -0.25) is 9.59 Å². The smallest absolute Gasteiger partial charge is 0.249 e. The molecular weight excluding hydrogens is 338 g/mol. The van der Waals surface area contributed by atoms with Gasteiger partial charge in [0.15, 0.2) is 0 Å². The van der Waals surface area contributed by atoms with Crippen LogP contribution in [-0.2, 0) is 11.2 Å². The van der Waals surface area contributed by atoms with Crippen molar-refractivity contribution in [3.8, 4) is 22.4 Å². The third-order valence-corrected chi connectivity index (χ3v) is 4.80. The Labute approximate surface area is 154 Å². The van der Waals surface area contributed by atoms with Gasteiger partial charge in [0, 0.05) is 28.3 Å². The Bertz CT molecular complexity index is 1260. The van der Waals surface area contributed by atoms with Crippen LogP contribution >= 0.6 is 0 Å². The maximum absolute atomic E-state index is 11.7. The van der Waals surface area contributed by atoms with Crippen molar-refractivity contribution in [3.63, 3.8) is 0 Å². The number of rotatable bonds is 2. The molecule has 4 aromatic rings. The summed E-state index contributed by atoms with van der Waals surface area (Å²) >= 11 is 0. The van der Waals surface area contributed by atoms with Gasteiger partial charge in [0.1, 0.15) is 5.65 Å². The second-order valence-corrected chi connectivity index (χ2v) is 6.61. The standard InChI is InChI=1S/C22H15N3O2/c26-19-9-8-16-10-17(14-6-7-15-12-20(27)23-18(15)11-14)21(25-22(16)24-19)13-4-2-1-3-5-13/h1-11H,12H2,(H,23,27)(H,24,25,26). The largest absolute Gasteiger partial charge is 0.326 e. The van der Waals surface area contributed by atoms with Gasteiger partial charge in [-0.25, -0.2) is 4.98 Å². The summed E-state index contributed by atoms with van der Waals surface area (Å²) < 4.78 is 0. The van der Waals surface area contributed by atoms with Crippen LogP contribution in [-0.4, -0.2) is 15.9 Å². The summed E-state index contributed by atoms with van der Waals surface area (Å²) in [4.78, 5) is 30.9. The van der Waals surface area contributed by atoms with Crippen LogP contribution in [0.2, 0.25) is 0 Å². The molecule has 3 heterocycles. The normalized spacial score (nSPS) is 12.8. The summed E-state index contributed by atoms with van der Waals surface area (Å²) in [6.07, 6.45) is 0.415. The fourth-order valence-electron chi connectivity index (χ4n) is 3.50. The number of pyridine rings is 2. The summed E-state index contributed by atoms with van der Waals surface area (Å²) in [7, 11) is 0. The molecule has 5 heteroatoms. The molecule has 2 aromatic carbocycles. The van der Waals surface area contributed by atoms with Crippen molar-refractivity contribution in [2.75, 3.05) is 5.32 Å². The summed E-state index contributed by atoms with van der Waals surface area (Å²) in [5.41, 5.74) is 5.89. The van der Waals surface area contributed by atoms with E-state index in [1.807, 2.05) is 54.6 Å². The Hall–Kier alpha value is -3.73. The maximum Gasteiger partial charge on any atom is 0.249 e. The van der Waals surface area contributed by atoms with Crippen LogP contribution in [0.15, 0.2) is 71.5 Å². The molecule has 0 saturated carbocycles. The molecule has 0 fully saturated rings. The van der Waals surface area contributed by atoms with Crippen LogP contribution in [0, 0.1) is 0 Å². The van der Waals surface area contributed by atoms with Crippen LogP contribution < -0.4 is 10.9 Å². The zero-order valence-electron chi connectivity index (χ0n) is 14.3. The molecule has 1 amide bonds. The van der Waals surface area contributed by atoms with Crippen molar-refractivity contribution >= 4 is 22.6 Å². The zero-order chi connectivity index (χ0) is 18.4. The van der Waals surface area contributed by atoms with E-state index in [0.29, 0.717) is 12.1 Å². The number of benzene rings is 2. The van der Waals surface area contributed by atoms with Crippen LogP contribution in [0.5, 0.6) is 0 Å². The number of H-pyrrole nitrogens is 1. The Morgan fingerprint density at radius 1 is 0.852 bits per heavy atom. The first-order chi connectivity index (χ1) is 13.2. The van der Waals surface area contributed by atoms with Gasteiger partial charge in [-0.2, -0.15) is 0 Å². The first kappa shape index (κ1) is 15.5. The van der Waals surface area contributed by atoms with Gasteiger partial charge in [0.25, 0.3) is 0 Å². The van der Waals surface area contributed by atoms with Gasteiger partial charge in [0.05, 0.1) is 12.1 Å². The van der Waals surface area contributed by atoms with Crippen molar-refractivity contribution in [1.29, 1.82) is 0 Å². The van der Waals surface area contributed by atoms with E-state index >= 15 is 0 Å². The summed E-state index contributed by atoms with van der Waals surface area (Å²) in [6.45, 7) is 0. The van der Waals surface area contributed by atoms with Crippen LogP contribution in [0.25, 0.3) is 33.4 Å². The second-order valence-electron chi connectivity index (χ2n) is 6.61. The third kappa shape index (κ3) is 2.69. The van der Waals surface area contributed by atoms with E-state index in [4.69, 9.17) is 4.98 Å². The lowest BCUT2D eigenvalue weighted by atomic mass is 9.96. The predicted molar refractivity (Wildman–Crippen MR) is 106 cm³/mol. The van der Waals surface area contributed by atoms with Gasteiger partial charge in [-0.1, -0.05) is 42.5 Å². The lowest BCUT2D eigenvalue weighted by molar-refractivity contribution is -0.115. The number of carbonyl (C=O) groups excluding carboxylic acids is 1. The Morgan fingerprint density at radius 2 is 1.70 bits per heavy atom. The molecule has 5 rings (SSSR count). The van der Waals surface area contributed by atoms with E-state index in [-0.39, 0.29) is 11.5 Å². The van der Waals surface area contributed by atoms with E-state index in [0.717, 1.165) is 39.0 Å². The topological polar surface area (TPSA) is 74.8 Å². The van der Waals surface area contributed by atoms with Gasteiger partial charge in [0.2, 0.25) is 11.5 Å². The average molecular weight is 353 g/mol. The molecule has 1 aliphatic rings. The first-order valence-electron chi connectivity index (χ1n) is 8.70. The molecule has 5 nitrogen and oxygen atoms in total. The number of hydrogen-bond acceptors (Lipinski definition) is 3. The maximum atomic E-state index is 11.7. The van der Waals surface area contributed by atoms with Crippen LogP contribution in [0.4, 0.5) is 5.69 Å². The highest BCUT2D eigenvalue weighted by Gasteiger charge is 2.19. The molecule has 27 heavy (non-hydrogen) atoms. The molecule has 0 radical (unpaired) electrons. The molecule has 1 aliphatic heterocycles. The number of carbonyl (C=O) groups is 1. The summed E-state index contributed by atoms with van der Waals surface area (Å²) in [5, 5.41) is 3.76. The minimum atomic E-state index is -0.179. The SMILES string of the molecule is O=C1Cc2ccc(-c3cc4ccc(=O)[nH]c4nc3-c3ccccc3)cc2N1. The molecule has 0 spiro atoms. The van der Waals surface area contributed by atoms with E-state index in [1.165, 1.54) is 6.07 Å². The number of fused-ring (bicyclic) bond motifs is 2. The summed E-state index contributed by atoms with van der Waals surface area (Å²) in [6, 6.07) is 21.1. The van der Waals surface area contributed by atoms with E-state index in [9.17, 15) is 9.59 Å². The lowest BCUT2D eigenvalue weighted by Crippen LogP contribution is -2.04. The minimum absolute atomic E-state index is 0.0136. The molecule has 0 saturated heterocycles.